The van der Waals surface area contributed by atoms with E-state index >= 15 is 0 Å². The van der Waals surface area contributed by atoms with Crippen molar-refractivity contribution in [3.05, 3.63) is 52.8 Å². The number of thioether (sulfide) groups is 1. The van der Waals surface area contributed by atoms with Crippen LogP contribution in [0.5, 0.6) is 5.75 Å². The van der Waals surface area contributed by atoms with Crippen LogP contribution in [0.4, 0.5) is 0 Å². The molecule has 0 aliphatic heterocycles. The van der Waals surface area contributed by atoms with Gasteiger partial charge >= 0.3 is 0 Å². The van der Waals surface area contributed by atoms with Crippen LogP contribution >= 0.6 is 23.1 Å². The predicted molar refractivity (Wildman–Crippen MR) is 109 cm³/mol. The zero-order valence-electron chi connectivity index (χ0n) is 15.2. The molecule has 3 rings (SSSR count). The number of carbonyl (C=O) groups excluding carboxylic acids is 1. The van der Waals surface area contributed by atoms with Crippen molar-refractivity contribution in [3.8, 4) is 5.75 Å². The summed E-state index contributed by atoms with van der Waals surface area (Å²) in [6.07, 6.45) is 0.428. The van der Waals surface area contributed by atoms with Gasteiger partial charge in [0.15, 0.2) is 4.80 Å². The molecular formula is C20H22N2O2S2. The van der Waals surface area contributed by atoms with E-state index in [1.165, 1.54) is 21.8 Å². The first kappa shape index (κ1) is 18.7. The number of hydrogen-bond donors (Lipinski definition) is 0. The van der Waals surface area contributed by atoms with Crippen molar-refractivity contribution < 1.29 is 9.53 Å². The highest BCUT2D eigenvalue weighted by Crippen LogP contribution is 2.23. The second-order valence-corrected chi connectivity index (χ2v) is 8.10. The lowest BCUT2D eigenvalue weighted by atomic mass is 10.2. The second kappa shape index (κ2) is 8.56. The van der Waals surface area contributed by atoms with Crippen molar-refractivity contribution in [1.29, 1.82) is 0 Å². The highest BCUT2D eigenvalue weighted by Gasteiger charge is 2.07. The summed E-state index contributed by atoms with van der Waals surface area (Å²) in [5.74, 6) is 1.49. The molecule has 136 valence electrons. The maximum atomic E-state index is 12.2. The summed E-state index contributed by atoms with van der Waals surface area (Å²) < 4.78 is 8.57. The first-order chi connectivity index (χ1) is 12.6. The summed E-state index contributed by atoms with van der Waals surface area (Å²) >= 11 is 3.20. The average Bonchev–Trinajstić information content (AvgIpc) is 2.92. The summed E-state index contributed by atoms with van der Waals surface area (Å²) in [6, 6.07) is 14.3. The van der Waals surface area contributed by atoms with Gasteiger partial charge in [-0.15, -0.1) is 11.8 Å². The van der Waals surface area contributed by atoms with Gasteiger partial charge < -0.3 is 9.30 Å². The minimum Gasteiger partial charge on any atom is -0.494 e. The lowest BCUT2D eigenvalue weighted by molar-refractivity contribution is -0.117. The standard InChI is InChI=1S/C20H22N2O2S2/c1-4-24-15-7-10-17-18(13-15)26-20(22(17)3)21-19(23)11-12-25-16-8-5-14(2)6-9-16/h5-10,13H,4,11-12H2,1-3H3. The monoisotopic (exact) mass is 386 g/mol. The van der Waals surface area contributed by atoms with E-state index in [-0.39, 0.29) is 5.91 Å². The quantitative estimate of drug-likeness (QED) is 0.584. The molecule has 0 radical (unpaired) electrons. The fraction of sp³-hybridized carbons (Fsp3) is 0.300. The molecule has 0 bridgehead atoms. The fourth-order valence-electron chi connectivity index (χ4n) is 2.53. The number of aryl methyl sites for hydroxylation is 2. The number of aromatic nitrogens is 1. The highest BCUT2D eigenvalue weighted by atomic mass is 32.2. The molecule has 0 saturated carbocycles. The smallest absolute Gasteiger partial charge is 0.249 e. The Morgan fingerprint density at radius 1 is 1.23 bits per heavy atom. The zero-order chi connectivity index (χ0) is 18.5. The van der Waals surface area contributed by atoms with Crippen LogP contribution in [0.3, 0.4) is 0 Å². The molecule has 0 unspecified atom stereocenters. The Kier molecular flexibility index (Phi) is 6.16. The van der Waals surface area contributed by atoms with E-state index in [9.17, 15) is 4.79 Å². The van der Waals surface area contributed by atoms with Crippen LogP contribution in [0.2, 0.25) is 0 Å². The maximum Gasteiger partial charge on any atom is 0.249 e. The number of fused-ring (bicyclic) bond motifs is 1. The van der Waals surface area contributed by atoms with Gasteiger partial charge in [0.1, 0.15) is 5.75 Å². The molecule has 0 saturated heterocycles. The van der Waals surface area contributed by atoms with Crippen LogP contribution in [-0.2, 0) is 11.8 Å². The molecule has 26 heavy (non-hydrogen) atoms. The molecule has 2 aromatic carbocycles. The molecule has 1 aromatic heterocycles. The second-order valence-electron chi connectivity index (χ2n) is 5.92. The van der Waals surface area contributed by atoms with E-state index < -0.39 is 0 Å². The molecule has 1 heterocycles. The number of nitrogens with zero attached hydrogens (tertiary/aromatic N) is 2. The third-order valence-electron chi connectivity index (χ3n) is 3.92. The number of amides is 1. The van der Waals surface area contributed by atoms with Gasteiger partial charge in [-0.05, 0) is 44.2 Å². The summed E-state index contributed by atoms with van der Waals surface area (Å²) in [5.41, 5.74) is 2.30. The van der Waals surface area contributed by atoms with Gasteiger partial charge in [0.25, 0.3) is 0 Å². The van der Waals surface area contributed by atoms with Crippen molar-refractivity contribution in [1.82, 2.24) is 4.57 Å². The van der Waals surface area contributed by atoms with Gasteiger partial charge in [-0.2, -0.15) is 4.99 Å². The number of benzene rings is 2. The fourth-order valence-corrected chi connectivity index (χ4v) is 4.44. The predicted octanol–water partition coefficient (Wildman–Crippen LogP) is 4.56. The number of thiazole rings is 1. The van der Waals surface area contributed by atoms with Crippen LogP contribution < -0.4 is 9.54 Å². The largest absolute Gasteiger partial charge is 0.494 e. The summed E-state index contributed by atoms with van der Waals surface area (Å²) in [5, 5.41) is 0. The molecular weight excluding hydrogens is 364 g/mol. The van der Waals surface area contributed by atoms with Crippen LogP contribution in [0.25, 0.3) is 10.2 Å². The van der Waals surface area contributed by atoms with E-state index in [1.807, 2.05) is 36.7 Å². The Bertz CT molecular complexity index is 972. The van der Waals surface area contributed by atoms with Crippen LogP contribution in [0.1, 0.15) is 18.9 Å². The molecule has 6 heteroatoms. The van der Waals surface area contributed by atoms with Crippen molar-refractivity contribution in [3.63, 3.8) is 0 Å². The molecule has 0 atom stereocenters. The summed E-state index contributed by atoms with van der Waals surface area (Å²) in [7, 11) is 1.94. The van der Waals surface area contributed by atoms with Gasteiger partial charge in [-0.25, -0.2) is 0 Å². The number of ether oxygens (including phenoxy) is 1. The Labute approximate surface area is 161 Å². The summed E-state index contributed by atoms with van der Waals surface area (Å²) in [6.45, 7) is 4.67. The van der Waals surface area contributed by atoms with Gasteiger partial charge in [-0.1, -0.05) is 29.0 Å². The molecule has 4 nitrogen and oxygen atoms in total. The number of rotatable bonds is 6. The third kappa shape index (κ3) is 4.56. The van der Waals surface area contributed by atoms with E-state index in [4.69, 9.17) is 4.74 Å². The Balaban J connectivity index is 1.69. The van der Waals surface area contributed by atoms with E-state index in [1.54, 1.807) is 11.8 Å². The maximum absolute atomic E-state index is 12.2. The topological polar surface area (TPSA) is 43.6 Å². The van der Waals surface area contributed by atoms with Crippen LogP contribution in [-0.4, -0.2) is 22.8 Å². The molecule has 0 spiro atoms. The number of hydrogen-bond acceptors (Lipinski definition) is 4. The molecule has 0 fully saturated rings. The normalized spacial score (nSPS) is 11.9. The van der Waals surface area contributed by atoms with E-state index in [2.05, 4.69) is 36.2 Å². The number of carbonyl (C=O) groups is 1. The van der Waals surface area contributed by atoms with Gasteiger partial charge in [0.05, 0.1) is 16.8 Å². The highest BCUT2D eigenvalue weighted by molar-refractivity contribution is 7.99. The van der Waals surface area contributed by atoms with Crippen molar-refractivity contribution in [2.24, 2.45) is 12.0 Å². The third-order valence-corrected chi connectivity index (χ3v) is 6.03. The minimum absolute atomic E-state index is 0.0863. The molecule has 3 aromatic rings. The zero-order valence-corrected chi connectivity index (χ0v) is 16.8. The Hall–Kier alpha value is -2.05. The summed E-state index contributed by atoms with van der Waals surface area (Å²) in [4.78, 5) is 18.5. The van der Waals surface area contributed by atoms with Crippen molar-refractivity contribution in [2.75, 3.05) is 12.4 Å². The van der Waals surface area contributed by atoms with Crippen LogP contribution in [0, 0.1) is 6.92 Å². The first-order valence-electron chi connectivity index (χ1n) is 8.56. The van der Waals surface area contributed by atoms with Gasteiger partial charge in [0, 0.05) is 24.1 Å². The van der Waals surface area contributed by atoms with E-state index in [0.29, 0.717) is 13.0 Å². The molecule has 0 aliphatic rings. The van der Waals surface area contributed by atoms with E-state index in [0.717, 1.165) is 26.5 Å². The molecule has 0 N–H and O–H groups in total. The van der Waals surface area contributed by atoms with Crippen molar-refractivity contribution >= 4 is 39.2 Å². The lowest BCUT2D eigenvalue weighted by Gasteiger charge is -2.02. The molecule has 0 aliphatic carbocycles. The lowest BCUT2D eigenvalue weighted by Crippen LogP contribution is -2.13. The van der Waals surface area contributed by atoms with Crippen molar-refractivity contribution in [2.45, 2.75) is 25.2 Å². The minimum atomic E-state index is -0.0863. The Morgan fingerprint density at radius 3 is 2.73 bits per heavy atom. The average molecular weight is 387 g/mol. The van der Waals surface area contributed by atoms with Crippen LogP contribution in [0.15, 0.2) is 52.4 Å². The molecule has 1 amide bonds. The van der Waals surface area contributed by atoms with Gasteiger partial charge in [-0.3, -0.25) is 4.79 Å². The van der Waals surface area contributed by atoms with Gasteiger partial charge in [0.2, 0.25) is 5.91 Å². The Morgan fingerprint density at radius 2 is 2.00 bits per heavy atom. The first-order valence-corrected chi connectivity index (χ1v) is 10.4. The SMILES string of the molecule is CCOc1ccc2c(c1)sc(=NC(=O)CCSc1ccc(C)cc1)n2C.